The molecule has 122 valence electrons. The Morgan fingerprint density at radius 2 is 1.82 bits per heavy atom. The maximum absolute atomic E-state index is 11.2. The highest BCUT2D eigenvalue weighted by atomic mass is 18.2. The largest absolute Gasteiger partial charge is 0.463 e. The van der Waals surface area contributed by atoms with Crippen molar-refractivity contribution in [2.75, 3.05) is 13.2 Å². The smallest absolute Gasteiger partial charge is 0.303 e. The van der Waals surface area contributed by atoms with Crippen LogP contribution in [-0.2, 0) is 30.4 Å². The summed E-state index contributed by atoms with van der Waals surface area (Å²) in [4.78, 5) is 22.0. The van der Waals surface area contributed by atoms with Gasteiger partial charge >= 0.3 is 11.9 Å². The van der Waals surface area contributed by atoms with Crippen molar-refractivity contribution in [2.24, 2.45) is 0 Å². The molecule has 0 radical (unpaired) electrons. The predicted octanol–water partition coefficient (Wildman–Crippen LogP) is 1.45. The van der Waals surface area contributed by atoms with E-state index in [0.29, 0.717) is 6.61 Å². The van der Waals surface area contributed by atoms with Gasteiger partial charge in [0.05, 0.1) is 13.2 Å². The van der Waals surface area contributed by atoms with Crippen molar-refractivity contribution >= 4 is 11.9 Å². The number of benzene rings is 1. The summed E-state index contributed by atoms with van der Waals surface area (Å²) in [6.45, 7) is 3.93. The van der Waals surface area contributed by atoms with Crippen LogP contribution in [0.5, 0.6) is 0 Å². The molecule has 0 spiro atoms. The molecule has 1 aromatic carbocycles. The lowest BCUT2D eigenvalue weighted by molar-refractivity contribution is -0.181. The number of carbonyl (C=O) groups is 2. The zero-order valence-corrected chi connectivity index (χ0v) is 13.1. The molecule has 0 aromatic heterocycles. The third-order valence-corrected chi connectivity index (χ3v) is 2.95. The van der Waals surface area contributed by atoms with Crippen molar-refractivity contribution in [2.45, 2.75) is 39.1 Å². The minimum absolute atomic E-state index is 0.0112. The Labute approximate surface area is 130 Å². The van der Waals surface area contributed by atoms with E-state index in [2.05, 4.69) is 0 Å². The van der Waals surface area contributed by atoms with Gasteiger partial charge in [0.15, 0.2) is 6.10 Å². The van der Waals surface area contributed by atoms with Gasteiger partial charge < -0.3 is 19.3 Å². The van der Waals surface area contributed by atoms with Crippen LogP contribution in [0.4, 0.5) is 0 Å². The molecule has 2 atom stereocenters. The molecule has 0 amide bonds. The maximum Gasteiger partial charge on any atom is 0.303 e. The number of aliphatic hydroxyl groups is 1. The number of rotatable bonds is 8. The molecule has 6 nitrogen and oxygen atoms in total. The average molecular weight is 312 g/mol. The number of ether oxygens (including phenoxy) is 3. The molecule has 0 aliphatic carbocycles. The van der Waals surface area contributed by atoms with E-state index in [0.717, 1.165) is 5.56 Å². The van der Waals surface area contributed by atoms with Crippen molar-refractivity contribution in [3.05, 3.63) is 35.9 Å². The molecule has 1 N–H and O–H groups in total. The van der Waals surface area contributed by atoms with E-state index in [1.54, 1.807) is 0 Å². The van der Waals surface area contributed by atoms with E-state index in [1.807, 2.05) is 30.3 Å². The maximum atomic E-state index is 11.2. The van der Waals surface area contributed by atoms with Gasteiger partial charge in [-0.2, -0.15) is 0 Å². The highest BCUT2D eigenvalue weighted by molar-refractivity contribution is 5.66. The van der Waals surface area contributed by atoms with Crippen LogP contribution in [0.3, 0.4) is 0 Å². The lowest BCUT2D eigenvalue weighted by Crippen LogP contribution is -2.48. The van der Waals surface area contributed by atoms with Gasteiger partial charge in [0.25, 0.3) is 0 Å². The zero-order valence-electron chi connectivity index (χ0n) is 13.1. The minimum Gasteiger partial charge on any atom is -0.463 e. The fraction of sp³-hybridized carbons (Fsp3) is 0.500. The van der Waals surface area contributed by atoms with Gasteiger partial charge in [-0.1, -0.05) is 30.3 Å². The second kappa shape index (κ2) is 8.51. The molecule has 6 heteroatoms. The fourth-order valence-electron chi connectivity index (χ4n) is 1.74. The lowest BCUT2D eigenvalue weighted by Gasteiger charge is -2.31. The number of esters is 2. The van der Waals surface area contributed by atoms with E-state index in [9.17, 15) is 14.7 Å². The molecule has 0 bridgehead atoms. The van der Waals surface area contributed by atoms with Crippen molar-refractivity contribution in [1.29, 1.82) is 0 Å². The van der Waals surface area contributed by atoms with E-state index < -0.39 is 23.6 Å². The molecule has 0 aliphatic rings. The van der Waals surface area contributed by atoms with Crippen molar-refractivity contribution in [3.8, 4) is 0 Å². The van der Waals surface area contributed by atoms with Gasteiger partial charge in [-0.3, -0.25) is 9.59 Å². The van der Waals surface area contributed by atoms with E-state index >= 15 is 0 Å². The summed E-state index contributed by atoms with van der Waals surface area (Å²) in [7, 11) is 0. The molecule has 1 rings (SSSR count). The van der Waals surface area contributed by atoms with Crippen LogP contribution in [0, 0.1) is 0 Å². The van der Waals surface area contributed by atoms with Crippen LogP contribution < -0.4 is 0 Å². The summed E-state index contributed by atoms with van der Waals surface area (Å²) in [6, 6.07) is 9.48. The normalized spacial score (nSPS) is 14.7. The molecule has 1 aromatic rings. The standard InChI is InChI=1S/C16H22O6/c1-12(17)21-11-16(3,19)15(22-13(2)18)10-20-9-14-7-5-4-6-8-14/h4-8,15,19H,9-11H2,1-3H3/t15-,16+/m1/s1/i19+2. The first-order valence-electron chi connectivity index (χ1n) is 6.96. The van der Waals surface area contributed by atoms with Gasteiger partial charge in [0.2, 0.25) is 0 Å². The summed E-state index contributed by atoms with van der Waals surface area (Å²) in [6.07, 6.45) is -0.937. The average Bonchev–Trinajstić information content (AvgIpc) is 2.45. The van der Waals surface area contributed by atoms with Gasteiger partial charge in [-0.15, -0.1) is 0 Å². The Balaban J connectivity index is 2.59. The summed E-state index contributed by atoms with van der Waals surface area (Å²) >= 11 is 0. The molecule has 0 fully saturated rings. The Kier molecular flexibility index (Phi) is 7.01. The van der Waals surface area contributed by atoms with Crippen LogP contribution in [0.25, 0.3) is 0 Å². The third kappa shape index (κ3) is 6.69. The van der Waals surface area contributed by atoms with Crippen molar-refractivity contribution in [1.82, 2.24) is 0 Å². The molecule has 0 aliphatic heterocycles. The van der Waals surface area contributed by atoms with Crippen molar-refractivity contribution in [3.63, 3.8) is 0 Å². The monoisotopic (exact) mass is 312 g/mol. The van der Waals surface area contributed by atoms with Gasteiger partial charge in [0, 0.05) is 13.8 Å². The van der Waals surface area contributed by atoms with E-state index in [-0.39, 0.29) is 13.2 Å². The quantitative estimate of drug-likeness (QED) is 0.578. The SMILES string of the molecule is CC(=O)OC[C@](C)([18OH])[C@@H](COCc1ccccc1)OC(C)=O. The predicted molar refractivity (Wildman–Crippen MR) is 78.9 cm³/mol. The number of hydrogen-bond acceptors (Lipinski definition) is 6. The highest BCUT2D eigenvalue weighted by Crippen LogP contribution is 2.16. The van der Waals surface area contributed by atoms with E-state index in [4.69, 9.17) is 14.2 Å². The lowest BCUT2D eigenvalue weighted by atomic mass is 10.0. The summed E-state index contributed by atoms with van der Waals surface area (Å²) in [5.74, 6) is -1.07. The molecule has 0 saturated heterocycles. The highest BCUT2D eigenvalue weighted by Gasteiger charge is 2.36. The van der Waals surface area contributed by atoms with E-state index in [1.165, 1.54) is 20.8 Å². The summed E-state index contributed by atoms with van der Waals surface area (Å²) < 4.78 is 15.4. The Bertz CT molecular complexity index is 483. The second-order valence-corrected chi connectivity index (χ2v) is 5.24. The minimum atomic E-state index is -1.53. The van der Waals surface area contributed by atoms with Gasteiger partial charge in [-0.25, -0.2) is 0 Å². The molecule has 0 saturated carbocycles. The number of carbonyl (C=O) groups excluding carboxylic acids is 2. The summed E-state index contributed by atoms with van der Waals surface area (Å²) in [5.41, 5.74) is -0.572. The molecule has 22 heavy (non-hydrogen) atoms. The van der Waals surface area contributed by atoms with Crippen LogP contribution >= 0.6 is 0 Å². The Hall–Kier alpha value is -1.92. The topological polar surface area (TPSA) is 82.1 Å². The Morgan fingerprint density at radius 3 is 2.36 bits per heavy atom. The second-order valence-electron chi connectivity index (χ2n) is 5.24. The van der Waals surface area contributed by atoms with Crippen LogP contribution in [0.2, 0.25) is 0 Å². The van der Waals surface area contributed by atoms with Gasteiger partial charge in [0.1, 0.15) is 12.2 Å². The number of hydrogen-bond donors (Lipinski definition) is 1. The molecular weight excluding hydrogens is 290 g/mol. The molecule has 0 heterocycles. The summed E-state index contributed by atoms with van der Waals surface area (Å²) in [5, 5.41) is 10.3. The van der Waals surface area contributed by atoms with Crippen LogP contribution in [-0.4, -0.2) is 42.0 Å². The fourth-order valence-corrected chi connectivity index (χ4v) is 1.74. The third-order valence-electron chi connectivity index (χ3n) is 2.95. The molecular formula is C16H22O6. The first-order valence-corrected chi connectivity index (χ1v) is 6.96. The first kappa shape index (κ1) is 18.1. The first-order chi connectivity index (χ1) is 10.3. The zero-order chi connectivity index (χ0) is 16.6. The van der Waals surface area contributed by atoms with Gasteiger partial charge in [-0.05, 0) is 12.5 Å². The van der Waals surface area contributed by atoms with Crippen molar-refractivity contribution < 1.29 is 28.9 Å². The van der Waals surface area contributed by atoms with Crippen LogP contribution in [0.1, 0.15) is 26.3 Å². The van der Waals surface area contributed by atoms with Crippen LogP contribution in [0.15, 0.2) is 30.3 Å². The molecule has 0 unspecified atom stereocenters. The Morgan fingerprint density at radius 1 is 1.18 bits per heavy atom.